The van der Waals surface area contributed by atoms with E-state index in [1.54, 1.807) is 24.3 Å². The Bertz CT molecular complexity index is 606. The normalized spacial score (nSPS) is 10.3. The van der Waals surface area contributed by atoms with Gasteiger partial charge in [-0.25, -0.2) is 9.18 Å². The molecule has 0 aliphatic rings. The first-order valence-electron chi connectivity index (χ1n) is 6.38. The van der Waals surface area contributed by atoms with Gasteiger partial charge in [-0.2, -0.15) is 0 Å². The Hall–Kier alpha value is -2.36. The van der Waals surface area contributed by atoms with Gasteiger partial charge in [0, 0.05) is 5.56 Å². The zero-order valence-electron chi connectivity index (χ0n) is 11.1. The smallest absolute Gasteiger partial charge is 0.335 e. The number of halogens is 1. The van der Waals surface area contributed by atoms with E-state index in [-0.39, 0.29) is 11.1 Å². The summed E-state index contributed by atoms with van der Waals surface area (Å²) in [7, 11) is 0. The van der Waals surface area contributed by atoms with Crippen LogP contribution in [-0.4, -0.2) is 17.7 Å². The summed E-state index contributed by atoms with van der Waals surface area (Å²) < 4.78 is 19.2. The molecule has 20 heavy (non-hydrogen) atoms. The van der Waals surface area contributed by atoms with Crippen molar-refractivity contribution in [2.75, 3.05) is 6.61 Å². The molecule has 3 nitrogen and oxygen atoms in total. The van der Waals surface area contributed by atoms with Gasteiger partial charge >= 0.3 is 5.97 Å². The van der Waals surface area contributed by atoms with E-state index < -0.39 is 11.8 Å². The largest absolute Gasteiger partial charge is 0.494 e. The molecule has 0 amide bonds. The topological polar surface area (TPSA) is 46.5 Å². The molecule has 0 bridgehead atoms. The summed E-state index contributed by atoms with van der Waals surface area (Å²) in [6.45, 7) is 2.64. The van der Waals surface area contributed by atoms with E-state index in [0.29, 0.717) is 17.9 Å². The monoisotopic (exact) mass is 274 g/mol. The van der Waals surface area contributed by atoms with Crippen LogP contribution in [0.2, 0.25) is 0 Å². The third kappa shape index (κ3) is 3.15. The van der Waals surface area contributed by atoms with Crippen molar-refractivity contribution in [3.05, 3.63) is 53.8 Å². The Labute approximate surface area is 116 Å². The molecular weight excluding hydrogens is 259 g/mol. The molecule has 0 saturated heterocycles. The lowest BCUT2D eigenvalue weighted by molar-refractivity contribution is 0.0697. The molecule has 0 aliphatic carbocycles. The molecule has 0 spiro atoms. The fourth-order valence-electron chi connectivity index (χ4n) is 1.83. The van der Waals surface area contributed by atoms with E-state index in [1.807, 2.05) is 6.92 Å². The van der Waals surface area contributed by atoms with E-state index in [9.17, 15) is 9.18 Å². The van der Waals surface area contributed by atoms with Crippen molar-refractivity contribution >= 4 is 5.97 Å². The number of hydrogen-bond donors (Lipinski definition) is 1. The fourth-order valence-corrected chi connectivity index (χ4v) is 1.83. The zero-order valence-corrected chi connectivity index (χ0v) is 11.1. The number of carboxylic acid groups (broad SMARTS) is 1. The van der Waals surface area contributed by atoms with Gasteiger partial charge in [0.1, 0.15) is 11.6 Å². The van der Waals surface area contributed by atoms with Crippen LogP contribution in [0.3, 0.4) is 0 Å². The first kappa shape index (κ1) is 14.1. The first-order valence-corrected chi connectivity index (χ1v) is 6.38. The molecule has 104 valence electrons. The van der Waals surface area contributed by atoms with E-state index in [4.69, 9.17) is 9.84 Å². The van der Waals surface area contributed by atoms with Crippen LogP contribution in [0.15, 0.2) is 42.5 Å². The number of ether oxygens (including phenoxy) is 1. The third-order valence-electron chi connectivity index (χ3n) is 2.85. The number of carboxylic acids is 1. The molecule has 0 heterocycles. The van der Waals surface area contributed by atoms with Gasteiger partial charge in [-0.05, 0) is 42.3 Å². The molecule has 2 rings (SSSR count). The van der Waals surface area contributed by atoms with Gasteiger partial charge in [-0.1, -0.05) is 19.1 Å². The van der Waals surface area contributed by atoms with Crippen molar-refractivity contribution in [2.45, 2.75) is 13.3 Å². The molecule has 2 aromatic rings. The van der Waals surface area contributed by atoms with Crippen LogP contribution in [-0.2, 0) is 0 Å². The van der Waals surface area contributed by atoms with Crippen LogP contribution in [0, 0.1) is 5.82 Å². The minimum atomic E-state index is -1.07. The highest BCUT2D eigenvalue weighted by atomic mass is 19.1. The molecule has 0 radical (unpaired) electrons. The minimum Gasteiger partial charge on any atom is -0.494 e. The van der Waals surface area contributed by atoms with E-state index in [0.717, 1.165) is 6.42 Å². The molecule has 1 N–H and O–H groups in total. The van der Waals surface area contributed by atoms with Gasteiger partial charge in [0.2, 0.25) is 0 Å². The Morgan fingerprint density at radius 3 is 2.50 bits per heavy atom. The lowest BCUT2D eigenvalue weighted by Gasteiger charge is -2.08. The maximum Gasteiger partial charge on any atom is 0.335 e. The van der Waals surface area contributed by atoms with Crippen molar-refractivity contribution in [1.82, 2.24) is 0 Å². The predicted molar refractivity (Wildman–Crippen MR) is 74.6 cm³/mol. The lowest BCUT2D eigenvalue weighted by atomic mass is 10.0. The van der Waals surface area contributed by atoms with Crippen molar-refractivity contribution in [1.29, 1.82) is 0 Å². The van der Waals surface area contributed by atoms with Crippen LogP contribution < -0.4 is 4.74 Å². The average molecular weight is 274 g/mol. The lowest BCUT2D eigenvalue weighted by Crippen LogP contribution is -1.98. The number of benzene rings is 2. The second kappa shape index (κ2) is 6.19. The Balaban J connectivity index is 2.31. The molecule has 0 atom stereocenters. The van der Waals surface area contributed by atoms with Gasteiger partial charge < -0.3 is 9.84 Å². The van der Waals surface area contributed by atoms with Gasteiger partial charge in [0.25, 0.3) is 0 Å². The zero-order chi connectivity index (χ0) is 14.5. The van der Waals surface area contributed by atoms with Gasteiger partial charge in [-0.3, -0.25) is 0 Å². The molecular formula is C16H15FO3. The Morgan fingerprint density at radius 1 is 1.20 bits per heavy atom. The summed E-state index contributed by atoms with van der Waals surface area (Å²) >= 11 is 0. The van der Waals surface area contributed by atoms with Crippen LogP contribution in [0.4, 0.5) is 4.39 Å². The SMILES string of the molecule is CCCOc1ccc(-c2cc(C(=O)O)ccc2F)cc1. The van der Waals surface area contributed by atoms with Crippen molar-refractivity contribution in [3.8, 4) is 16.9 Å². The second-order valence-electron chi connectivity index (χ2n) is 4.37. The summed E-state index contributed by atoms with van der Waals surface area (Å²) in [6, 6.07) is 10.7. The highest BCUT2D eigenvalue weighted by Crippen LogP contribution is 2.26. The average Bonchev–Trinajstić information content (AvgIpc) is 2.46. The molecule has 0 aromatic heterocycles. The third-order valence-corrected chi connectivity index (χ3v) is 2.85. The maximum absolute atomic E-state index is 13.8. The standard InChI is InChI=1S/C16H15FO3/c1-2-9-20-13-6-3-11(4-7-13)14-10-12(16(18)19)5-8-15(14)17/h3-8,10H,2,9H2,1H3,(H,18,19). The van der Waals surface area contributed by atoms with Crippen molar-refractivity contribution < 1.29 is 19.0 Å². The molecule has 0 fully saturated rings. The molecule has 0 aliphatic heterocycles. The van der Waals surface area contributed by atoms with E-state index in [1.165, 1.54) is 18.2 Å². The highest BCUT2D eigenvalue weighted by Gasteiger charge is 2.10. The number of aromatic carboxylic acids is 1. The minimum absolute atomic E-state index is 0.0627. The predicted octanol–water partition coefficient (Wildman–Crippen LogP) is 3.98. The van der Waals surface area contributed by atoms with Crippen LogP contribution in [0.1, 0.15) is 23.7 Å². The molecule has 4 heteroatoms. The van der Waals surface area contributed by atoms with Crippen LogP contribution >= 0.6 is 0 Å². The summed E-state index contributed by atoms with van der Waals surface area (Å²) in [5.74, 6) is -0.809. The highest BCUT2D eigenvalue weighted by molar-refractivity contribution is 5.89. The number of rotatable bonds is 5. The maximum atomic E-state index is 13.8. The van der Waals surface area contributed by atoms with E-state index in [2.05, 4.69) is 0 Å². The summed E-state index contributed by atoms with van der Waals surface area (Å²) in [5, 5.41) is 8.95. The van der Waals surface area contributed by atoms with Crippen LogP contribution in [0.25, 0.3) is 11.1 Å². The Morgan fingerprint density at radius 2 is 1.90 bits per heavy atom. The van der Waals surface area contributed by atoms with E-state index >= 15 is 0 Å². The number of carbonyl (C=O) groups is 1. The molecule has 0 saturated carbocycles. The second-order valence-corrected chi connectivity index (χ2v) is 4.37. The Kier molecular flexibility index (Phi) is 4.35. The van der Waals surface area contributed by atoms with Crippen molar-refractivity contribution in [3.63, 3.8) is 0 Å². The first-order chi connectivity index (χ1) is 9.61. The van der Waals surface area contributed by atoms with Crippen LogP contribution in [0.5, 0.6) is 5.75 Å². The van der Waals surface area contributed by atoms with Gasteiger partial charge in [-0.15, -0.1) is 0 Å². The molecule has 0 unspecified atom stereocenters. The van der Waals surface area contributed by atoms with Crippen molar-refractivity contribution in [2.24, 2.45) is 0 Å². The summed E-state index contributed by atoms with van der Waals surface area (Å²) in [5.41, 5.74) is 0.953. The quantitative estimate of drug-likeness (QED) is 0.897. The summed E-state index contributed by atoms with van der Waals surface area (Å²) in [6.07, 6.45) is 0.914. The van der Waals surface area contributed by atoms with Gasteiger partial charge in [0.15, 0.2) is 0 Å². The fraction of sp³-hybridized carbons (Fsp3) is 0.188. The van der Waals surface area contributed by atoms with Gasteiger partial charge in [0.05, 0.1) is 12.2 Å². The summed E-state index contributed by atoms with van der Waals surface area (Å²) in [4.78, 5) is 10.9. The molecule has 2 aromatic carbocycles. The number of hydrogen-bond acceptors (Lipinski definition) is 2.